The van der Waals surface area contributed by atoms with Crippen LogP contribution in [0, 0.1) is 0 Å². The molecular formula is C21H22N2. The van der Waals surface area contributed by atoms with E-state index in [0.717, 1.165) is 25.8 Å². The molecule has 0 aliphatic heterocycles. The van der Waals surface area contributed by atoms with Gasteiger partial charge in [-0.05, 0) is 36.0 Å². The van der Waals surface area contributed by atoms with Crippen molar-refractivity contribution in [3.63, 3.8) is 0 Å². The third-order valence-corrected chi connectivity index (χ3v) is 5.24. The molecule has 0 spiro atoms. The smallest absolute Gasteiger partial charge is 0.0952 e. The highest BCUT2D eigenvalue weighted by Crippen LogP contribution is 2.41. The lowest BCUT2D eigenvalue weighted by atomic mass is 9.79. The van der Waals surface area contributed by atoms with Crippen molar-refractivity contribution < 1.29 is 0 Å². The van der Waals surface area contributed by atoms with Gasteiger partial charge in [-0.3, -0.25) is 0 Å². The molecule has 4 rings (SSSR count). The van der Waals surface area contributed by atoms with E-state index in [2.05, 4.69) is 72.3 Å². The molecule has 0 saturated carbocycles. The normalized spacial score (nSPS) is 15.5. The first-order valence-corrected chi connectivity index (χ1v) is 8.42. The number of aromatic nitrogens is 2. The van der Waals surface area contributed by atoms with Crippen molar-refractivity contribution in [3.05, 3.63) is 89.5 Å². The summed E-state index contributed by atoms with van der Waals surface area (Å²) in [5.41, 5.74) is 5.72. The number of hydrogen-bond donors (Lipinski definition) is 0. The lowest BCUT2D eigenvalue weighted by molar-refractivity contribution is 0.423. The first-order chi connectivity index (χ1) is 11.3. The average Bonchev–Trinajstić information content (AvgIpc) is 3.20. The quantitative estimate of drug-likeness (QED) is 0.699. The first-order valence-electron chi connectivity index (χ1n) is 8.42. The molecule has 0 fully saturated rings. The topological polar surface area (TPSA) is 17.8 Å². The molecule has 0 N–H and O–H groups in total. The summed E-state index contributed by atoms with van der Waals surface area (Å²) in [4.78, 5) is 4.78. The predicted octanol–water partition coefficient (Wildman–Crippen LogP) is 4.38. The summed E-state index contributed by atoms with van der Waals surface area (Å²) < 4.78 is 2.21. The molecule has 0 atom stereocenters. The molecule has 1 aliphatic rings. The Labute approximate surface area is 137 Å². The zero-order chi connectivity index (χ0) is 15.7. The fraction of sp³-hybridized carbons (Fsp3) is 0.286. The van der Waals surface area contributed by atoms with Crippen LogP contribution in [-0.2, 0) is 24.8 Å². The molecule has 1 aliphatic carbocycles. The number of benzene rings is 2. The van der Waals surface area contributed by atoms with Crippen LogP contribution in [0.15, 0.2) is 67.1 Å². The van der Waals surface area contributed by atoms with Crippen molar-refractivity contribution >= 4 is 0 Å². The van der Waals surface area contributed by atoms with Gasteiger partial charge in [0.15, 0.2) is 0 Å². The molecule has 0 radical (unpaired) electrons. The summed E-state index contributed by atoms with van der Waals surface area (Å²) >= 11 is 0. The second-order valence-electron chi connectivity index (χ2n) is 6.67. The van der Waals surface area contributed by atoms with Crippen molar-refractivity contribution in [2.75, 3.05) is 0 Å². The van der Waals surface area contributed by atoms with Crippen LogP contribution >= 0.6 is 0 Å². The van der Waals surface area contributed by atoms with Gasteiger partial charge < -0.3 is 4.57 Å². The highest BCUT2D eigenvalue weighted by atomic mass is 15.0. The van der Waals surface area contributed by atoms with Crippen LogP contribution in [0.1, 0.15) is 35.7 Å². The van der Waals surface area contributed by atoms with E-state index in [1.165, 1.54) is 22.4 Å². The maximum absolute atomic E-state index is 4.78. The zero-order valence-electron chi connectivity index (χ0n) is 13.6. The van der Waals surface area contributed by atoms with E-state index in [1.54, 1.807) is 0 Å². The minimum atomic E-state index is 0.172. The molecular weight excluding hydrogens is 280 g/mol. The first kappa shape index (κ1) is 14.3. The van der Waals surface area contributed by atoms with E-state index in [9.17, 15) is 0 Å². The molecule has 2 heteroatoms. The van der Waals surface area contributed by atoms with Crippen molar-refractivity contribution in [3.8, 4) is 0 Å². The monoisotopic (exact) mass is 302 g/mol. The molecule has 2 nitrogen and oxygen atoms in total. The number of nitrogens with zero attached hydrogens (tertiary/aromatic N) is 2. The van der Waals surface area contributed by atoms with Gasteiger partial charge in [0.2, 0.25) is 0 Å². The van der Waals surface area contributed by atoms with Crippen LogP contribution in [0.3, 0.4) is 0 Å². The largest absolute Gasteiger partial charge is 0.333 e. The van der Waals surface area contributed by atoms with Crippen molar-refractivity contribution in [1.82, 2.24) is 9.55 Å². The molecule has 3 aromatic rings. The Morgan fingerprint density at radius 3 is 2.26 bits per heavy atom. The summed E-state index contributed by atoms with van der Waals surface area (Å²) in [7, 11) is 0. The number of fused-ring (bicyclic) bond motifs is 1. The van der Waals surface area contributed by atoms with Gasteiger partial charge in [0, 0.05) is 18.2 Å². The summed E-state index contributed by atoms with van der Waals surface area (Å²) in [6.07, 6.45) is 7.60. The highest BCUT2D eigenvalue weighted by molar-refractivity contribution is 5.39. The molecule has 1 aromatic heterocycles. The Balaban J connectivity index is 1.61. The third kappa shape index (κ3) is 2.59. The Hall–Kier alpha value is -2.35. The van der Waals surface area contributed by atoms with E-state index in [1.807, 2.05) is 6.33 Å². The summed E-state index contributed by atoms with van der Waals surface area (Å²) in [5, 5.41) is 0. The minimum absolute atomic E-state index is 0.172. The van der Waals surface area contributed by atoms with Gasteiger partial charge >= 0.3 is 0 Å². The third-order valence-electron chi connectivity index (χ3n) is 5.24. The average molecular weight is 302 g/mol. The minimum Gasteiger partial charge on any atom is -0.333 e. The van der Waals surface area contributed by atoms with Gasteiger partial charge in [-0.25, -0.2) is 4.98 Å². The van der Waals surface area contributed by atoms with Gasteiger partial charge in [0.1, 0.15) is 0 Å². The summed E-state index contributed by atoms with van der Waals surface area (Å²) in [6, 6.07) is 19.4. The van der Waals surface area contributed by atoms with E-state index in [0.29, 0.717) is 0 Å². The van der Waals surface area contributed by atoms with Crippen molar-refractivity contribution in [2.24, 2.45) is 0 Å². The Morgan fingerprint density at radius 1 is 0.957 bits per heavy atom. The van der Waals surface area contributed by atoms with Crippen LogP contribution in [0.5, 0.6) is 0 Å². The lowest BCUT2D eigenvalue weighted by Crippen LogP contribution is -2.26. The Kier molecular flexibility index (Phi) is 3.53. The molecule has 0 bridgehead atoms. The van der Waals surface area contributed by atoms with Crippen LogP contribution in [0.25, 0.3) is 0 Å². The molecule has 23 heavy (non-hydrogen) atoms. The van der Waals surface area contributed by atoms with Gasteiger partial charge in [-0.1, -0.05) is 61.5 Å². The summed E-state index contributed by atoms with van der Waals surface area (Å²) in [6.45, 7) is 3.18. The van der Waals surface area contributed by atoms with Crippen molar-refractivity contribution in [1.29, 1.82) is 0 Å². The predicted molar refractivity (Wildman–Crippen MR) is 93.6 cm³/mol. The second kappa shape index (κ2) is 5.69. The molecule has 116 valence electrons. The molecule has 0 amide bonds. The maximum atomic E-state index is 4.78. The SMILES string of the molecule is CCC1(c2cn(Cc3ccccc3)cn2)Cc2ccccc2C1. The van der Waals surface area contributed by atoms with E-state index >= 15 is 0 Å². The fourth-order valence-corrected chi connectivity index (χ4v) is 3.82. The van der Waals surface area contributed by atoms with Crippen LogP contribution in [0.2, 0.25) is 0 Å². The van der Waals surface area contributed by atoms with Gasteiger partial charge in [0.25, 0.3) is 0 Å². The van der Waals surface area contributed by atoms with Crippen LogP contribution in [0.4, 0.5) is 0 Å². The Morgan fingerprint density at radius 2 is 1.61 bits per heavy atom. The lowest BCUT2D eigenvalue weighted by Gasteiger charge is -2.25. The standard InChI is InChI=1S/C21H22N2/c1-2-21(12-18-10-6-7-11-19(18)13-21)20-15-23(16-22-20)14-17-8-4-3-5-9-17/h3-11,15-16H,2,12-14H2,1H3. The molecule has 0 unspecified atom stereocenters. The maximum Gasteiger partial charge on any atom is 0.0952 e. The summed E-state index contributed by atoms with van der Waals surface area (Å²) in [5.74, 6) is 0. The highest BCUT2D eigenvalue weighted by Gasteiger charge is 2.38. The molecule has 1 heterocycles. The second-order valence-corrected chi connectivity index (χ2v) is 6.67. The molecule has 2 aromatic carbocycles. The Bertz CT molecular complexity index is 776. The number of rotatable bonds is 4. The van der Waals surface area contributed by atoms with Gasteiger partial charge in [0.05, 0.1) is 12.0 Å². The number of hydrogen-bond acceptors (Lipinski definition) is 1. The zero-order valence-corrected chi connectivity index (χ0v) is 13.6. The van der Waals surface area contributed by atoms with Crippen LogP contribution in [-0.4, -0.2) is 9.55 Å². The fourth-order valence-electron chi connectivity index (χ4n) is 3.82. The van der Waals surface area contributed by atoms with Gasteiger partial charge in [-0.15, -0.1) is 0 Å². The number of imidazole rings is 1. The van der Waals surface area contributed by atoms with Crippen molar-refractivity contribution in [2.45, 2.75) is 38.1 Å². The van der Waals surface area contributed by atoms with Crippen LogP contribution < -0.4 is 0 Å². The molecule has 0 saturated heterocycles. The van der Waals surface area contributed by atoms with Gasteiger partial charge in [-0.2, -0.15) is 0 Å². The van der Waals surface area contributed by atoms with E-state index < -0.39 is 0 Å². The van der Waals surface area contributed by atoms with E-state index in [4.69, 9.17) is 4.98 Å². The van der Waals surface area contributed by atoms with E-state index in [-0.39, 0.29) is 5.41 Å².